The van der Waals surface area contributed by atoms with Crippen molar-refractivity contribution in [1.82, 2.24) is 0 Å². The van der Waals surface area contributed by atoms with Gasteiger partial charge in [-0.15, -0.1) is 23.2 Å². The highest BCUT2D eigenvalue weighted by Gasteiger charge is 2.29. The molecular weight excluding hydrogens is 213 g/mol. The number of amides is 1. The van der Waals surface area contributed by atoms with Gasteiger partial charge in [0.25, 0.3) is 0 Å². The lowest BCUT2D eigenvalue weighted by molar-refractivity contribution is 0.105. The first-order valence-corrected chi connectivity index (χ1v) is 5.21. The largest absolute Gasteiger partial charge is 0.449 e. The normalized spacial score (nSPS) is 11.3. The highest BCUT2D eigenvalue weighted by atomic mass is 35.5. The molecule has 0 fully saturated rings. The van der Waals surface area contributed by atoms with E-state index in [0.717, 1.165) is 12.8 Å². The molecule has 0 heterocycles. The summed E-state index contributed by atoms with van der Waals surface area (Å²) < 4.78 is 4.71. The second-order valence-corrected chi connectivity index (χ2v) is 3.66. The number of carbonyl (C=O) groups is 1. The molecule has 0 aromatic heterocycles. The number of hydrogen-bond acceptors (Lipinski definition) is 2. The van der Waals surface area contributed by atoms with E-state index < -0.39 is 6.09 Å². The molecule has 0 spiro atoms. The molecule has 0 unspecified atom stereocenters. The zero-order valence-electron chi connectivity index (χ0n) is 7.69. The van der Waals surface area contributed by atoms with Crippen LogP contribution in [0.5, 0.6) is 0 Å². The number of nitrogens with two attached hydrogens (primary N) is 1. The summed E-state index contributed by atoms with van der Waals surface area (Å²) in [5.74, 6) is 0.745. The molecule has 0 saturated heterocycles. The van der Waals surface area contributed by atoms with Crippen LogP contribution in [0.4, 0.5) is 4.79 Å². The lowest BCUT2D eigenvalue weighted by atomic mass is 9.89. The van der Waals surface area contributed by atoms with E-state index >= 15 is 0 Å². The molecule has 0 radical (unpaired) electrons. The van der Waals surface area contributed by atoms with Crippen LogP contribution in [-0.4, -0.2) is 24.5 Å². The van der Waals surface area contributed by atoms with E-state index in [4.69, 9.17) is 33.7 Å². The molecule has 0 rings (SSSR count). The minimum Gasteiger partial charge on any atom is -0.449 e. The first-order chi connectivity index (χ1) is 6.10. The fourth-order valence-corrected chi connectivity index (χ4v) is 1.78. The van der Waals surface area contributed by atoms with Crippen molar-refractivity contribution in [3.8, 4) is 0 Å². The summed E-state index contributed by atoms with van der Waals surface area (Å²) in [6.45, 7) is 2.22. The second-order valence-electron chi connectivity index (χ2n) is 3.12. The van der Waals surface area contributed by atoms with Crippen LogP contribution in [0.2, 0.25) is 0 Å². The summed E-state index contributed by atoms with van der Waals surface area (Å²) in [4.78, 5) is 10.4. The van der Waals surface area contributed by atoms with Crippen LogP contribution in [0.15, 0.2) is 0 Å². The summed E-state index contributed by atoms with van der Waals surface area (Å²) >= 11 is 11.5. The fraction of sp³-hybridized carbons (Fsp3) is 0.875. The summed E-state index contributed by atoms with van der Waals surface area (Å²) in [5, 5.41) is 0. The van der Waals surface area contributed by atoms with E-state index in [1.165, 1.54) is 0 Å². The maximum Gasteiger partial charge on any atom is 0.404 e. The predicted octanol–water partition coefficient (Wildman–Crippen LogP) is 2.35. The maximum absolute atomic E-state index is 10.4. The molecule has 0 aliphatic carbocycles. The average Bonchev–Trinajstić information content (AvgIpc) is 2.12. The van der Waals surface area contributed by atoms with Crippen molar-refractivity contribution < 1.29 is 9.53 Å². The van der Waals surface area contributed by atoms with Gasteiger partial charge in [0.05, 0.1) is 0 Å². The Morgan fingerprint density at radius 2 is 2.00 bits per heavy atom. The van der Waals surface area contributed by atoms with Crippen molar-refractivity contribution in [3.63, 3.8) is 0 Å². The molecule has 1 amide bonds. The molecule has 2 N–H and O–H groups in total. The Morgan fingerprint density at radius 1 is 1.46 bits per heavy atom. The van der Waals surface area contributed by atoms with Crippen molar-refractivity contribution in [1.29, 1.82) is 0 Å². The maximum atomic E-state index is 10.4. The highest BCUT2D eigenvalue weighted by Crippen LogP contribution is 2.27. The molecule has 0 atom stereocenters. The van der Waals surface area contributed by atoms with Gasteiger partial charge < -0.3 is 10.5 Å². The van der Waals surface area contributed by atoms with Gasteiger partial charge in [-0.05, 0) is 6.42 Å². The number of alkyl halides is 2. The van der Waals surface area contributed by atoms with Crippen LogP contribution in [0.3, 0.4) is 0 Å². The minimum atomic E-state index is -0.782. The fourth-order valence-electron chi connectivity index (χ4n) is 1.07. The van der Waals surface area contributed by atoms with Gasteiger partial charge in [-0.25, -0.2) is 4.79 Å². The molecule has 0 bridgehead atoms. The summed E-state index contributed by atoms with van der Waals surface area (Å²) in [6.07, 6.45) is 0.991. The quantitative estimate of drug-likeness (QED) is 0.709. The summed E-state index contributed by atoms with van der Waals surface area (Å²) in [7, 11) is 0. The van der Waals surface area contributed by atoms with Crippen LogP contribution in [-0.2, 0) is 4.74 Å². The molecule has 5 heteroatoms. The van der Waals surface area contributed by atoms with Crippen molar-refractivity contribution in [3.05, 3.63) is 0 Å². The Morgan fingerprint density at radius 3 is 2.31 bits per heavy atom. The number of ether oxygens (including phenoxy) is 1. The number of primary amides is 1. The van der Waals surface area contributed by atoms with E-state index in [-0.39, 0.29) is 12.0 Å². The van der Waals surface area contributed by atoms with Crippen LogP contribution >= 0.6 is 23.2 Å². The van der Waals surface area contributed by atoms with Crippen LogP contribution < -0.4 is 5.73 Å². The third-order valence-electron chi connectivity index (χ3n) is 1.87. The summed E-state index contributed by atoms with van der Waals surface area (Å²) in [6, 6.07) is 0. The van der Waals surface area contributed by atoms with E-state index in [1.54, 1.807) is 0 Å². The number of halogens is 2. The molecule has 0 aliphatic heterocycles. The van der Waals surface area contributed by atoms with Gasteiger partial charge >= 0.3 is 6.09 Å². The third kappa shape index (κ3) is 4.58. The Balaban J connectivity index is 4.12. The molecule has 3 nitrogen and oxygen atoms in total. The zero-order valence-corrected chi connectivity index (χ0v) is 9.20. The van der Waals surface area contributed by atoms with Crippen LogP contribution in [0, 0.1) is 5.41 Å². The molecular formula is C8H15Cl2NO2. The van der Waals surface area contributed by atoms with Crippen molar-refractivity contribution >= 4 is 29.3 Å². The average molecular weight is 228 g/mol. The Labute approximate surface area is 88.5 Å². The van der Waals surface area contributed by atoms with Gasteiger partial charge in [0.1, 0.15) is 6.61 Å². The molecule has 0 aromatic carbocycles. The van der Waals surface area contributed by atoms with Gasteiger partial charge in [0, 0.05) is 17.2 Å². The molecule has 0 saturated carbocycles. The van der Waals surface area contributed by atoms with Gasteiger partial charge in [-0.1, -0.05) is 13.3 Å². The summed E-state index contributed by atoms with van der Waals surface area (Å²) in [5.41, 5.74) is 4.53. The molecule has 78 valence electrons. The van der Waals surface area contributed by atoms with E-state index in [9.17, 15) is 4.79 Å². The third-order valence-corrected chi connectivity index (χ3v) is 3.00. The van der Waals surface area contributed by atoms with Gasteiger partial charge in [-0.2, -0.15) is 0 Å². The molecule has 0 aliphatic rings. The van der Waals surface area contributed by atoms with Crippen molar-refractivity contribution in [2.75, 3.05) is 18.4 Å². The van der Waals surface area contributed by atoms with Gasteiger partial charge in [0.2, 0.25) is 0 Å². The standard InChI is InChI=1S/C8H15Cl2NO2/c1-2-3-8(4-9,5-10)6-13-7(11)12/h2-6H2,1H3,(H2,11,12). The number of rotatable bonds is 6. The van der Waals surface area contributed by atoms with Gasteiger partial charge in [-0.3, -0.25) is 0 Å². The SMILES string of the molecule is CCCC(CCl)(CCl)COC(N)=O. The molecule has 0 aromatic rings. The topological polar surface area (TPSA) is 52.3 Å². The highest BCUT2D eigenvalue weighted by molar-refractivity contribution is 6.21. The zero-order chi connectivity index (χ0) is 10.3. The second kappa shape index (κ2) is 6.33. The van der Waals surface area contributed by atoms with Crippen LogP contribution in [0.1, 0.15) is 19.8 Å². The minimum absolute atomic E-state index is 0.198. The Hall–Kier alpha value is -0.150. The lowest BCUT2D eigenvalue weighted by Crippen LogP contribution is -2.33. The lowest BCUT2D eigenvalue weighted by Gasteiger charge is -2.27. The van der Waals surface area contributed by atoms with E-state index in [1.807, 2.05) is 6.92 Å². The number of carbonyl (C=O) groups excluding carboxylic acids is 1. The van der Waals surface area contributed by atoms with E-state index in [0.29, 0.717) is 11.8 Å². The monoisotopic (exact) mass is 227 g/mol. The van der Waals surface area contributed by atoms with Crippen molar-refractivity contribution in [2.45, 2.75) is 19.8 Å². The first kappa shape index (κ1) is 12.8. The first-order valence-electron chi connectivity index (χ1n) is 4.14. The Bertz CT molecular complexity index is 160. The molecule has 13 heavy (non-hydrogen) atoms. The smallest absolute Gasteiger partial charge is 0.404 e. The predicted molar refractivity (Wildman–Crippen MR) is 54.3 cm³/mol. The van der Waals surface area contributed by atoms with Crippen LogP contribution in [0.25, 0.3) is 0 Å². The number of hydrogen-bond donors (Lipinski definition) is 1. The van der Waals surface area contributed by atoms with Crippen molar-refractivity contribution in [2.24, 2.45) is 11.1 Å². The van der Waals surface area contributed by atoms with E-state index in [2.05, 4.69) is 0 Å². The Kier molecular flexibility index (Phi) is 6.25. The van der Waals surface area contributed by atoms with Gasteiger partial charge in [0.15, 0.2) is 0 Å².